The van der Waals surface area contributed by atoms with Crippen LogP contribution in [0.15, 0.2) is 11.6 Å². The van der Waals surface area contributed by atoms with Gasteiger partial charge in [0.05, 0.1) is 6.07 Å². The van der Waals surface area contributed by atoms with Crippen LogP contribution in [0.4, 0.5) is 0 Å². The molecule has 9 unspecified atom stereocenters. The maximum Gasteiger partial charge on any atom is 0.0656 e. The Labute approximate surface area is 172 Å². The lowest BCUT2D eigenvalue weighted by molar-refractivity contribution is -0.0889. The van der Waals surface area contributed by atoms with Crippen molar-refractivity contribution in [3.05, 3.63) is 11.6 Å². The summed E-state index contributed by atoms with van der Waals surface area (Å²) in [5, 5.41) is 9.57. The topological polar surface area (TPSA) is 49.8 Å². The molecule has 0 radical (unpaired) electrons. The van der Waals surface area contributed by atoms with Gasteiger partial charge >= 0.3 is 0 Å². The zero-order valence-corrected chi connectivity index (χ0v) is 18.3. The zero-order chi connectivity index (χ0) is 19.7. The third kappa shape index (κ3) is 2.35. The molecule has 5 aliphatic rings. The van der Waals surface area contributed by atoms with Crippen LogP contribution in [0.3, 0.4) is 0 Å². The Morgan fingerprint density at radius 3 is 2.54 bits per heavy atom. The third-order valence-corrected chi connectivity index (χ3v) is 11.1. The Kier molecular flexibility index (Phi) is 4.34. The maximum absolute atomic E-state index is 9.57. The second-order valence-corrected chi connectivity index (χ2v) is 11.8. The van der Waals surface area contributed by atoms with Crippen LogP contribution in [0.25, 0.3) is 0 Å². The Bertz CT molecular complexity index is 718. The van der Waals surface area contributed by atoms with Gasteiger partial charge in [0.25, 0.3) is 0 Å². The van der Waals surface area contributed by atoms with Crippen LogP contribution in [0, 0.1) is 57.2 Å². The molecule has 5 rings (SSSR count). The van der Waals surface area contributed by atoms with Crippen molar-refractivity contribution in [1.82, 2.24) is 0 Å². The number of allylic oxidation sites excluding steroid dienone is 1. The number of fused-ring (bicyclic) bond motifs is 6. The van der Waals surface area contributed by atoms with Gasteiger partial charge in [-0.15, -0.1) is 0 Å². The first-order valence-corrected chi connectivity index (χ1v) is 12.2. The van der Waals surface area contributed by atoms with Crippen molar-refractivity contribution >= 4 is 0 Å². The van der Waals surface area contributed by atoms with E-state index in [9.17, 15) is 5.26 Å². The lowest BCUT2D eigenvalue weighted by Crippen LogP contribution is -2.54. The van der Waals surface area contributed by atoms with Crippen molar-refractivity contribution in [3.63, 3.8) is 0 Å². The van der Waals surface area contributed by atoms with E-state index < -0.39 is 0 Å². The molecule has 0 bridgehead atoms. The number of hydrogen-bond acceptors (Lipinski definition) is 2. The Morgan fingerprint density at radius 1 is 1.07 bits per heavy atom. The molecule has 0 aromatic rings. The molecular formula is C26H40N2. The Morgan fingerprint density at radius 2 is 1.82 bits per heavy atom. The fraction of sp³-hybridized carbons (Fsp3) is 0.885. The Balaban J connectivity index is 1.52. The molecule has 154 valence electrons. The fourth-order valence-electron chi connectivity index (χ4n) is 9.45. The minimum atomic E-state index is 0.325. The van der Waals surface area contributed by atoms with Crippen LogP contribution >= 0.6 is 0 Å². The molecule has 4 saturated carbocycles. The van der Waals surface area contributed by atoms with Gasteiger partial charge in [-0.25, -0.2) is 0 Å². The van der Waals surface area contributed by atoms with Gasteiger partial charge in [-0.1, -0.05) is 32.4 Å². The second kappa shape index (κ2) is 6.34. The molecule has 5 aliphatic carbocycles. The van der Waals surface area contributed by atoms with Gasteiger partial charge in [0.2, 0.25) is 0 Å². The molecule has 0 aromatic heterocycles. The molecule has 1 spiro atoms. The van der Waals surface area contributed by atoms with Crippen molar-refractivity contribution in [2.24, 2.45) is 51.6 Å². The number of rotatable bonds is 1. The smallest absolute Gasteiger partial charge is 0.0656 e. The normalized spacial score (nSPS) is 55.2. The highest BCUT2D eigenvalue weighted by atomic mass is 14.7. The second-order valence-electron chi connectivity index (χ2n) is 11.8. The number of nitrogens with two attached hydrogens (primary N) is 1. The quantitative estimate of drug-likeness (QED) is 0.549. The molecule has 0 aliphatic heterocycles. The monoisotopic (exact) mass is 380 g/mol. The lowest BCUT2D eigenvalue weighted by atomic mass is 9.43. The van der Waals surface area contributed by atoms with E-state index >= 15 is 0 Å². The molecule has 0 aromatic carbocycles. The van der Waals surface area contributed by atoms with Crippen LogP contribution in [-0.2, 0) is 0 Å². The summed E-state index contributed by atoms with van der Waals surface area (Å²) in [7, 11) is 0. The predicted molar refractivity (Wildman–Crippen MR) is 114 cm³/mol. The van der Waals surface area contributed by atoms with Crippen LogP contribution in [0.5, 0.6) is 0 Å². The lowest BCUT2D eigenvalue weighted by Gasteiger charge is -2.61. The third-order valence-electron chi connectivity index (χ3n) is 11.1. The number of nitrogens with zero attached hydrogens (tertiary/aromatic N) is 1. The van der Waals surface area contributed by atoms with Crippen LogP contribution in [0.1, 0.15) is 91.4 Å². The minimum absolute atomic E-state index is 0.325. The van der Waals surface area contributed by atoms with E-state index in [2.05, 4.69) is 32.9 Å². The largest absolute Gasteiger partial charge is 0.327 e. The SMILES string of the molecule is CCC1C=C2CC(N)CCC2(C)C2CCC3(C)C(CCC34CCC(C#N)C4)C12. The molecule has 2 heteroatoms. The van der Waals surface area contributed by atoms with Crippen LogP contribution in [-0.4, -0.2) is 6.04 Å². The number of hydrogen-bond donors (Lipinski definition) is 1. The van der Waals surface area contributed by atoms with Crippen molar-refractivity contribution in [1.29, 1.82) is 5.26 Å². The standard InChI is InChI=1S/C26H40N2/c1-4-18-13-19-14-20(28)6-9-24(19,2)21-7-10-25(3)22(23(18)21)8-12-26(25)11-5-17(15-26)16-27/h13,17-18,20-23H,4-12,14-15,28H2,1-3H3. The first kappa shape index (κ1) is 19.2. The molecule has 28 heavy (non-hydrogen) atoms. The first-order chi connectivity index (χ1) is 13.4. The minimum Gasteiger partial charge on any atom is -0.327 e. The molecule has 0 heterocycles. The van der Waals surface area contributed by atoms with Crippen molar-refractivity contribution in [2.75, 3.05) is 0 Å². The predicted octanol–water partition coefficient (Wildman–Crippen LogP) is 6.22. The zero-order valence-electron chi connectivity index (χ0n) is 18.3. The average molecular weight is 381 g/mol. The summed E-state index contributed by atoms with van der Waals surface area (Å²) in [6.45, 7) is 7.68. The van der Waals surface area contributed by atoms with Gasteiger partial charge in [0, 0.05) is 12.0 Å². The highest BCUT2D eigenvalue weighted by molar-refractivity contribution is 5.28. The summed E-state index contributed by atoms with van der Waals surface area (Å²) in [4.78, 5) is 0. The summed E-state index contributed by atoms with van der Waals surface area (Å²) in [5.41, 5.74) is 9.48. The maximum atomic E-state index is 9.57. The molecule has 9 atom stereocenters. The fourth-order valence-corrected chi connectivity index (χ4v) is 9.45. The summed E-state index contributed by atoms with van der Waals surface area (Å²) < 4.78 is 0. The van der Waals surface area contributed by atoms with Crippen LogP contribution < -0.4 is 5.73 Å². The van der Waals surface area contributed by atoms with Gasteiger partial charge in [0.15, 0.2) is 0 Å². The van der Waals surface area contributed by atoms with Gasteiger partial charge in [-0.3, -0.25) is 0 Å². The van der Waals surface area contributed by atoms with Gasteiger partial charge in [0.1, 0.15) is 0 Å². The Hall–Kier alpha value is -0.810. The molecule has 2 nitrogen and oxygen atoms in total. The molecule has 2 N–H and O–H groups in total. The van der Waals surface area contributed by atoms with Crippen LogP contribution in [0.2, 0.25) is 0 Å². The molecular weight excluding hydrogens is 340 g/mol. The van der Waals surface area contributed by atoms with E-state index in [1.165, 1.54) is 57.8 Å². The van der Waals surface area contributed by atoms with E-state index in [1.807, 2.05) is 0 Å². The van der Waals surface area contributed by atoms with Gasteiger partial charge in [-0.05, 0) is 111 Å². The molecule has 4 fully saturated rings. The summed E-state index contributed by atoms with van der Waals surface area (Å²) in [6.07, 6.45) is 17.0. The van der Waals surface area contributed by atoms with E-state index in [1.54, 1.807) is 5.57 Å². The molecule has 0 amide bonds. The summed E-state index contributed by atoms with van der Waals surface area (Å²) >= 11 is 0. The van der Waals surface area contributed by atoms with E-state index in [0.29, 0.717) is 28.2 Å². The highest BCUT2D eigenvalue weighted by Gasteiger charge is 2.65. The summed E-state index contributed by atoms with van der Waals surface area (Å²) in [5.74, 6) is 3.69. The highest BCUT2D eigenvalue weighted by Crippen LogP contribution is 2.74. The van der Waals surface area contributed by atoms with Crippen molar-refractivity contribution < 1.29 is 0 Å². The van der Waals surface area contributed by atoms with E-state index in [0.717, 1.165) is 36.5 Å². The van der Waals surface area contributed by atoms with Crippen molar-refractivity contribution in [3.8, 4) is 6.07 Å². The van der Waals surface area contributed by atoms with E-state index in [4.69, 9.17) is 5.73 Å². The molecule has 0 saturated heterocycles. The first-order valence-electron chi connectivity index (χ1n) is 12.2. The van der Waals surface area contributed by atoms with E-state index in [-0.39, 0.29) is 0 Å². The summed E-state index contributed by atoms with van der Waals surface area (Å²) in [6, 6.07) is 3.02. The number of nitriles is 1. The van der Waals surface area contributed by atoms with Gasteiger partial charge in [-0.2, -0.15) is 5.26 Å². The van der Waals surface area contributed by atoms with Gasteiger partial charge < -0.3 is 5.73 Å². The average Bonchev–Trinajstić information content (AvgIpc) is 3.24. The van der Waals surface area contributed by atoms with Crippen molar-refractivity contribution in [2.45, 2.75) is 97.4 Å².